The van der Waals surface area contributed by atoms with E-state index in [2.05, 4.69) is 0 Å². The Morgan fingerprint density at radius 2 is 2.06 bits per heavy atom. The number of aliphatic carboxylic acids is 1. The lowest BCUT2D eigenvalue weighted by Gasteiger charge is -2.25. The number of ether oxygens (including phenoxy) is 1. The summed E-state index contributed by atoms with van der Waals surface area (Å²) in [6.07, 6.45) is -0.0308. The van der Waals surface area contributed by atoms with E-state index in [-0.39, 0.29) is 12.2 Å². The van der Waals surface area contributed by atoms with Gasteiger partial charge >= 0.3 is 5.97 Å². The molecule has 0 unspecified atom stereocenters. The first-order valence-corrected chi connectivity index (χ1v) is 5.40. The number of methoxy groups -OCH3 is 1. The molecule has 0 atom stereocenters. The van der Waals surface area contributed by atoms with Crippen molar-refractivity contribution in [2.75, 3.05) is 7.11 Å². The summed E-state index contributed by atoms with van der Waals surface area (Å²) in [6.45, 7) is 3.91. The lowest BCUT2D eigenvalue weighted by atomic mass is 9.80. The molecule has 1 aromatic carbocycles. The van der Waals surface area contributed by atoms with Crippen LogP contribution >= 0.6 is 0 Å². The minimum absolute atomic E-state index is 0.0308. The number of benzene rings is 1. The Morgan fingerprint density at radius 1 is 1.41 bits per heavy atom. The van der Waals surface area contributed by atoms with Gasteiger partial charge in [0.05, 0.1) is 13.0 Å². The van der Waals surface area contributed by atoms with Gasteiger partial charge in [0.25, 0.3) is 0 Å². The predicted molar refractivity (Wildman–Crippen MR) is 64.1 cm³/mol. The highest BCUT2D eigenvalue weighted by Crippen LogP contribution is 2.35. The summed E-state index contributed by atoms with van der Waals surface area (Å²) in [5, 5.41) is 19.0. The van der Waals surface area contributed by atoms with Gasteiger partial charge in [-0.2, -0.15) is 0 Å². The molecule has 1 aromatic rings. The van der Waals surface area contributed by atoms with Crippen LogP contribution in [0.2, 0.25) is 0 Å². The highest BCUT2D eigenvalue weighted by Gasteiger charge is 2.27. The van der Waals surface area contributed by atoms with Gasteiger partial charge in [-0.25, -0.2) is 0 Å². The first-order valence-electron chi connectivity index (χ1n) is 5.40. The Hall–Kier alpha value is -1.55. The minimum Gasteiger partial charge on any atom is -0.507 e. The van der Waals surface area contributed by atoms with Gasteiger partial charge in [-0.3, -0.25) is 4.79 Å². The molecule has 1 rings (SSSR count). The van der Waals surface area contributed by atoms with E-state index in [0.717, 1.165) is 0 Å². The molecule has 0 saturated carbocycles. The zero-order chi connectivity index (χ0) is 13.1. The van der Waals surface area contributed by atoms with E-state index >= 15 is 0 Å². The average molecular weight is 238 g/mol. The van der Waals surface area contributed by atoms with Crippen molar-refractivity contribution < 1.29 is 19.7 Å². The molecule has 0 spiro atoms. The number of phenols is 1. The molecule has 94 valence electrons. The van der Waals surface area contributed by atoms with E-state index in [1.807, 2.05) is 0 Å². The van der Waals surface area contributed by atoms with Crippen LogP contribution in [0.1, 0.15) is 31.4 Å². The number of carboxylic acid groups (broad SMARTS) is 1. The standard InChI is InChI=1S/C13H18O4/c1-13(2,7-11(14)15)10-6-4-5-9(8-17-3)12(10)16/h4-6,16H,7-8H2,1-3H3,(H,14,15). The number of hydrogen-bond acceptors (Lipinski definition) is 3. The van der Waals surface area contributed by atoms with Crippen LogP contribution in [0.25, 0.3) is 0 Å². The molecule has 0 bridgehead atoms. The maximum atomic E-state index is 10.8. The van der Waals surface area contributed by atoms with E-state index in [0.29, 0.717) is 17.7 Å². The van der Waals surface area contributed by atoms with Gasteiger partial charge in [0.15, 0.2) is 0 Å². The van der Waals surface area contributed by atoms with Crippen LogP contribution in [-0.4, -0.2) is 23.3 Å². The molecule has 0 amide bonds. The van der Waals surface area contributed by atoms with Gasteiger partial charge in [-0.15, -0.1) is 0 Å². The maximum absolute atomic E-state index is 10.8. The van der Waals surface area contributed by atoms with Crippen LogP contribution in [0.15, 0.2) is 18.2 Å². The lowest BCUT2D eigenvalue weighted by Crippen LogP contribution is -2.22. The minimum atomic E-state index is -0.883. The summed E-state index contributed by atoms with van der Waals surface area (Å²) >= 11 is 0. The van der Waals surface area contributed by atoms with Gasteiger partial charge < -0.3 is 14.9 Å². The SMILES string of the molecule is COCc1cccc(C(C)(C)CC(=O)O)c1O. The quantitative estimate of drug-likeness (QED) is 0.826. The molecule has 0 aliphatic heterocycles. The fourth-order valence-electron chi connectivity index (χ4n) is 1.88. The van der Waals surface area contributed by atoms with Crippen molar-refractivity contribution in [3.8, 4) is 5.75 Å². The molecule has 17 heavy (non-hydrogen) atoms. The third kappa shape index (κ3) is 3.20. The molecular weight excluding hydrogens is 220 g/mol. The lowest BCUT2D eigenvalue weighted by molar-refractivity contribution is -0.138. The topological polar surface area (TPSA) is 66.8 Å². The molecule has 4 heteroatoms. The highest BCUT2D eigenvalue weighted by molar-refractivity contribution is 5.69. The number of rotatable bonds is 5. The largest absolute Gasteiger partial charge is 0.507 e. The monoisotopic (exact) mass is 238 g/mol. The van der Waals surface area contributed by atoms with Gasteiger partial charge in [-0.1, -0.05) is 32.0 Å². The third-order valence-corrected chi connectivity index (χ3v) is 2.74. The predicted octanol–water partition coefficient (Wildman–Crippen LogP) is 2.29. The van der Waals surface area contributed by atoms with E-state index < -0.39 is 11.4 Å². The number of para-hydroxylation sites is 1. The molecule has 0 heterocycles. The second kappa shape index (κ2) is 5.19. The van der Waals surface area contributed by atoms with E-state index in [1.165, 1.54) is 0 Å². The van der Waals surface area contributed by atoms with Gasteiger partial charge in [0, 0.05) is 23.7 Å². The molecule has 0 radical (unpaired) electrons. The molecule has 0 fully saturated rings. The van der Waals surface area contributed by atoms with Gasteiger partial charge in [0.2, 0.25) is 0 Å². The van der Waals surface area contributed by atoms with Crippen LogP contribution in [0, 0.1) is 0 Å². The van der Waals surface area contributed by atoms with Crippen molar-refractivity contribution in [3.63, 3.8) is 0 Å². The van der Waals surface area contributed by atoms with E-state index in [9.17, 15) is 9.90 Å². The molecule has 2 N–H and O–H groups in total. The van der Waals surface area contributed by atoms with Gasteiger partial charge in [-0.05, 0) is 0 Å². The van der Waals surface area contributed by atoms with Crippen LogP contribution in [-0.2, 0) is 21.6 Å². The zero-order valence-corrected chi connectivity index (χ0v) is 10.4. The Balaban J connectivity index is 3.13. The summed E-state index contributed by atoms with van der Waals surface area (Å²) in [5.74, 6) is -0.757. The summed E-state index contributed by atoms with van der Waals surface area (Å²) in [7, 11) is 1.55. The van der Waals surface area contributed by atoms with Crippen LogP contribution < -0.4 is 0 Å². The van der Waals surface area contributed by atoms with E-state index in [1.54, 1.807) is 39.2 Å². The second-order valence-electron chi connectivity index (χ2n) is 4.70. The van der Waals surface area contributed by atoms with Crippen LogP contribution in [0.5, 0.6) is 5.75 Å². The number of phenolic OH excluding ortho intramolecular Hbond substituents is 1. The van der Waals surface area contributed by atoms with Crippen LogP contribution in [0.4, 0.5) is 0 Å². The number of aromatic hydroxyl groups is 1. The Bertz CT molecular complexity index is 410. The fourth-order valence-corrected chi connectivity index (χ4v) is 1.88. The Labute approximate surface area is 101 Å². The fraction of sp³-hybridized carbons (Fsp3) is 0.462. The smallest absolute Gasteiger partial charge is 0.304 e. The van der Waals surface area contributed by atoms with Gasteiger partial charge in [0.1, 0.15) is 5.75 Å². The normalized spacial score (nSPS) is 11.5. The van der Waals surface area contributed by atoms with Crippen molar-refractivity contribution in [2.45, 2.75) is 32.3 Å². The molecule has 0 aliphatic carbocycles. The maximum Gasteiger partial charge on any atom is 0.304 e. The summed E-state index contributed by atoms with van der Waals surface area (Å²) in [4.78, 5) is 10.8. The summed E-state index contributed by atoms with van der Waals surface area (Å²) in [6, 6.07) is 5.31. The Kier molecular flexibility index (Phi) is 4.12. The summed E-state index contributed by atoms with van der Waals surface area (Å²) < 4.78 is 4.98. The molecule has 0 saturated heterocycles. The number of carbonyl (C=O) groups is 1. The van der Waals surface area contributed by atoms with Crippen molar-refractivity contribution in [1.29, 1.82) is 0 Å². The molecule has 4 nitrogen and oxygen atoms in total. The first-order chi connectivity index (χ1) is 7.88. The number of hydrogen-bond donors (Lipinski definition) is 2. The Morgan fingerprint density at radius 3 is 2.59 bits per heavy atom. The van der Waals surface area contributed by atoms with E-state index in [4.69, 9.17) is 9.84 Å². The van der Waals surface area contributed by atoms with Crippen molar-refractivity contribution in [1.82, 2.24) is 0 Å². The average Bonchev–Trinajstić information content (AvgIpc) is 2.19. The number of carboxylic acids is 1. The molecule has 0 aliphatic rings. The van der Waals surface area contributed by atoms with Crippen molar-refractivity contribution in [2.24, 2.45) is 0 Å². The summed E-state index contributed by atoms with van der Waals surface area (Å²) in [5.41, 5.74) is 0.692. The second-order valence-corrected chi connectivity index (χ2v) is 4.70. The van der Waals surface area contributed by atoms with Crippen molar-refractivity contribution in [3.05, 3.63) is 29.3 Å². The zero-order valence-electron chi connectivity index (χ0n) is 10.4. The first kappa shape index (κ1) is 13.5. The highest BCUT2D eigenvalue weighted by atomic mass is 16.5. The van der Waals surface area contributed by atoms with Crippen LogP contribution in [0.3, 0.4) is 0 Å². The van der Waals surface area contributed by atoms with Crippen molar-refractivity contribution >= 4 is 5.97 Å². The molecular formula is C13H18O4. The third-order valence-electron chi connectivity index (χ3n) is 2.74. The molecule has 0 aromatic heterocycles.